The van der Waals surface area contributed by atoms with E-state index < -0.39 is 0 Å². The lowest BCUT2D eigenvalue weighted by molar-refractivity contribution is -0.134. The summed E-state index contributed by atoms with van der Waals surface area (Å²) in [7, 11) is 2.01. The minimum atomic E-state index is 0.173. The maximum atomic E-state index is 12.5. The molecule has 0 spiro atoms. The fourth-order valence-electron chi connectivity index (χ4n) is 3.21. The fraction of sp³-hybridized carbons (Fsp3) is 0.529. The lowest BCUT2D eigenvalue weighted by Crippen LogP contribution is -2.51. The van der Waals surface area contributed by atoms with E-state index in [4.69, 9.17) is 4.42 Å². The molecule has 1 fully saturated rings. The predicted molar refractivity (Wildman–Crippen MR) is 86.8 cm³/mol. The molecule has 6 nitrogen and oxygen atoms in total. The second-order valence-corrected chi connectivity index (χ2v) is 6.01. The van der Waals surface area contributed by atoms with Crippen molar-refractivity contribution in [3.63, 3.8) is 0 Å². The predicted octanol–water partition coefficient (Wildman–Crippen LogP) is 1.85. The molecule has 6 heteroatoms. The number of carbonyl (C=O) groups excluding carboxylic acids is 1. The van der Waals surface area contributed by atoms with Crippen LogP contribution in [0.3, 0.4) is 0 Å². The molecule has 3 rings (SSSR count). The Hall–Kier alpha value is -2.08. The molecule has 3 heterocycles. The number of furan rings is 1. The van der Waals surface area contributed by atoms with Gasteiger partial charge in [-0.25, -0.2) is 4.98 Å². The van der Waals surface area contributed by atoms with Gasteiger partial charge in [0.1, 0.15) is 5.82 Å². The normalized spacial score (nSPS) is 19.2. The average molecular weight is 316 g/mol. The number of rotatable bonds is 5. The molecule has 1 amide bonds. The van der Waals surface area contributed by atoms with E-state index in [1.807, 2.05) is 35.0 Å². The van der Waals surface area contributed by atoms with E-state index in [2.05, 4.69) is 16.8 Å². The van der Waals surface area contributed by atoms with E-state index in [-0.39, 0.29) is 11.9 Å². The highest BCUT2D eigenvalue weighted by atomic mass is 16.3. The van der Waals surface area contributed by atoms with Crippen LogP contribution in [0.2, 0.25) is 0 Å². The van der Waals surface area contributed by atoms with E-state index in [1.54, 1.807) is 12.5 Å². The molecule has 23 heavy (non-hydrogen) atoms. The quantitative estimate of drug-likeness (QED) is 0.845. The zero-order chi connectivity index (χ0) is 16.2. The second-order valence-electron chi connectivity index (χ2n) is 6.01. The summed E-state index contributed by atoms with van der Waals surface area (Å²) in [6.07, 6.45) is 8.40. The van der Waals surface area contributed by atoms with Crippen LogP contribution in [0.25, 0.3) is 0 Å². The van der Waals surface area contributed by atoms with Gasteiger partial charge in [-0.15, -0.1) is 0 Å². The third-order valence-electron chi connectivity index (χ3n) is 4.61. The summed E-state index contributed by atoms with van der Waals surface area (Å²) in [5.74, 6) is 1.24. The van der Waals surface area contributed by atoms with Gasteiger partial charge in [0.2, 0.25) is 5.91 Å². The molecule has 0 bridgehead atoms. The van der Waals surface area contributed by atoms with Crippen molar-refractivity contribution in [1.82, 2.24) is 19.4 Å². The van der Waals surface area contributed by atoms with Crippen molar-refractivity contribution in [2.45, 2.75) is 25.8 Å². The van der Waals surface area contributed by atoms with E-state index in [0.29, 0.717) is 13.0 Å². The first-order valence-corrected chi connectivity index (χ1v) is 8.19. The highest BCUT2D eigenvalue weighted by Crippen LogP contribution is 2.24. The number of aryl methyl sites for hydroxylation is 2. The van der Waals surface area contributed by atoms with Gasteiger partial charge in [0.05, 0.1) is 18.6 Å². The SMILES string of the molecule is CCN1CCN(C(=O)CCc2ccoc2)C[C@@H]1c1nccn1C. The number of piperazine rings is 1. The summed E-state index contributed by atoms with van der Waals surface area (Å²) < 4.78 is 7.11. The smallest absolute Gasteiger partial charge is 0.223 e. The summed E-state index contributed by atoms with van der Waals surface area (Å²) in [5.41, 5.74) is 1.08. The Morgan fingerprint density at radius 1 is 1.43 bits per heavy atom. The third kappa shape index (κ3) is 3.47. The minimum Gasteiger partial charge on any atom is -0.472 e. The summed E-state index contributed by atoms with van der Waals surface area (Å²) in [6, 6.07) is 2.09. The van der Waals surface area contributed by atoms with Gasteiger partial charge in [0.15, 0.2) is 0 Å². The molecular formula is C17H24N4O2. The Morgan fingerprint density at radius 3 is 2.96 bits per heavy atom. The van der Waals surface area contributed by atoms with Gasteiger partial charge in [0.25, 0.3) is 0 Å². The summed E-state index contributed by atoms with van der Waals surface area (Å²) in [4.78, 5) is 21.4. The Kier molecular flexibility index (Phi) is 4.81. The topological polar surface area (TPSA) is 54.5 Å². The molecule has 0 radical (unpaired) electrons. The first kappa shape index (κ1) is 15.8. The van der Waals surface area contributed by atoms with Crippen molar-refractivity contribution in [3.05, 3.63) is 42.4 Å². The maximum absolute atomic E-state index is 12.5. The summed E-state index contributed by atoms with van der Waals surface area (Å²) in [6.45, 7) is 5.52. The van der Waals surface area contributed by atoms with Crippen molar-refractivity contribution < 1.29 is 9.21 Å². The maximum Gasteiger partial charge on any atom is 0.223 e. The van der Waals surface area contributed by atoms with Crippen LogP contribution in [0, 0.1) is 0 Å². The lowest BCUT2D eigenvalue weighted by atomic mass is 10.1. The van der Waals surface area contributed by atoms with Crippen LogP contribution in [0.5, 0.6) is 0 Å². The van der Waals surface area contributed by atoms with Crippen molar-refractivity contribution in [2.75, 3.05) is 26.2 Å². The molecule has 1 aliphatic rings. The van der Waals surface area contributed by atoms with Crippen LogP contribution in [-0.4, -0.2) is 51.4 Å². The first-order chi connectivity index (χ1) is 11.2. The molecule has 2 aromatic heterocycles. The van der Waals surface area contributed by atoms with Crippen LogP contribution in [0.15, 0.2) is 35.4 Å². The van der Waals surface area contributed by atoms with E-state index in [1.165, 1.54) is 0 Å². The standard InChI is InChI=1S/C17H24N4O2/c1-3-20-9-10-21(12-15(20)17-18-7-8-19(17)2)16(22)5-4-14-6-11-23-13-14/h6-8,11,13,15H,3-5,9-10,12H2,1-2H3/t15-/m1/s1. The zero-order valence-corrected chi connectivity index (χ0v) is 13.8. The van der Waals surface area contributed by atoms with Gasteiger partial charge >= 0.3 is 0 Å². The third-order valence-corrected chi connectivity index (χ3v) is 4.61. The number of nitrogens with zero attached hydrogens (tertiary/aromatic N) is 4. The monoisotopic (exact) mass is 316 g/mol. The van der Waals surface area contributed by atoms with Crippen LogP contribution >= 0.6 is 0 Å². The molecule has 0 aromatic carbocycles. The van der Waals surface area contributed by atoms with Crippen LogP contribution in [0.4, 0.5) is 0 Å². The van der Waals surface area contributed by atoms with Gasteiger partial charge in [0, 0.05) is 45.5 Å². The number of carbonyl (C=O) groups is 1. The molecule has 1 atom stereocenters. The molecule has 2 aromatic rings. The Balaban J connectivity index is 1.65. The molecule has 0 unspecified atom stereocenters. The largest absolute Gasteiger partial charge is 0.472 e. The highest BCUT2D eigenvalue weighted by Gasteiger charge is 2.31. The number of hydrogen-bond donors (Lipinski definition) is 0. The molecule has 0 saturated carbocycles. The van der Waals surface area contributed by atoms with Crippen LogP contribution in [0.1, 0.15) is 30.8 Å². The minimum absolute atomic E-state index is 0.173. The van der Waals surface area contributed by atoms with E-state index >= 15 is 0 Å². The van der Waals surface area contributed by atoms with Crippen LogP contribution in [-0.2, 0) is 18.3 Å². The van der Waals surface area contributed by atoms with Gasteiger partial charge in [-0.3, -0.25) is 9.69 Å². The second kappa shape index (κ2) is 7.00. The van der Waals surface area contributed by atoms with Crippen LogP contribution < -0.4 is 0 Å². The Bertz CT molecular complexity index is 635. The molecule has 124 valence electrons. The molecule has 1 aliphatic heterocycles. The fourth-order valence-corrected chi connectivity index (χ4v) is 3.21. The number of imidazole rings is 1. The number of likely N-dealkylation sites (N-methyl/N-ethyl adjacent to an activating group) is 1. The molecule has 0 N–H and O–H groups in total. The average Bonchev–Trinajstić information content (AvgIpc) is 3.23. The number of hydrogen-bond acceptors (Lipinski definition) is 4. The van der Waals surface area contributed by atoms with Gasteiger partial charge in [-0.2, -0.15) is 0 Å². The van der Waals surface area contributed by atoms with E-state index in [0.717, 1.165) is 37.4 Å². The lowest BCUT2D eigenvalue weighted by Gasteiger charge is -2.40. The van der Waals surface area contributed by atoms with Gasteiger partial charge in [-0.05, 0) is 24.6 Å². The number of amides is 1. The molecule has 0 aliphatic carbocycles. The zero-order valence-electron chi connectivity index (χ0n) is 13.8. The van der Waals surface area contributed by atoms with Crippen molar-refractivity contribution >= 4 is 5.91 Å². The van der Waals surface area contributed by atoms with Crippen molar-refractivity contribution in [1.29, 1.82) is 0 Å². The molecular weight excluding hydrogens is 292 g/mol. The molecule has 1 saturated heterocycles. The number of aromatic nitrogens is 2. The first-order valence-electron chi connectivity index (χ1n) is 8.19. The van der Waals surface area contributed by atoms with Crippen molar-refractivity contribution in [2.24, 2.45) is 7.05 Å². The summed E-state index contributed by atoms with van der Waals surface area (Å²) in [5, 5.41) is 0. The van der Waals surface area contributed by atoms with Gasteiger partial charge in [-0.1, -0.05) is 6.92 Å². The van der Waals surface area contributed by atoms with Crippen molar-refractivity contribution in [3.8, 4) is 0 Å². The van der Waals surface area contributed by atoms with E-state index in [9.17, 15) is 4.79 Å². The highest BCUT2D eigenvalue weighted by molar-refractivity contribution is 5.76. The van der Waals surface area contributed by atoms with Gasteiger partial charge < -0.3 is 13.9 Å². The Morgan fingerprint density at radius 2 is 2.30 bits per heavy atom. The Labute approximate surface area is 136 Å². The summed E-state index contributed by atoms with van der Waals surface area (Å²) >= 11 is 0.